The molecular formula is C15H13NO2S. The van der Waals surface area contributed by atoms with Gasteiger partial charge in [-0.3, -0.25) is 10.1 Å². The standard InChI is InChI=1S/C15H13NO2S/c17-16(18)11-10-13-6-8-14(9-7-13)12-19-15-4-2-1-3-5-15/h1-11H,12H2/b11-10+. The van der Waals surface area contributed by atoms with Crippen LogP contribution in [-0.2, 0) is 5.75 Å². The Kier molecular flexibility index (Phi) is 4.75. The Morgan fingerprint density at radius 3 is 2.37 bits per heavy atom. The Bertz CT molecular complexity index is 564. The van der Waals surface area contributed by atoms with E-state index < -0.39 is 4.92 Å². The van der Waals surface area contributed by atoms with Crippen molar-refractivity contribution in [2.45, 2.75) is 10.6 Å². The summed E-state index contributed by atoms with van der Waals surface area (Å²) in [6.07, 6.45) is 2.45. The molecule has 0 bridgehead atoms. The zero-order valence-corrected chi connectivity index (χ0v) is 11.0. The largest absolute Gasteiger partial charge is 0.259 e. The summed E-state index contributed by atoms with van der Waals surface area (Å²) in [6.45, 7) is 0. The number of nitro groups is 1. The SMILES string of the molecule is O=[N+]([O-])/C=C/c1ccc(CSc2ccccc2)cc1. The summed E-state index contributed by atoms with van der Waals surface area (Å²) in [4.78, 5) is 11.0. The van der Waals surface area contributed by atoms with E-state index in [4.69, 9.17) is 0 Å². The van der Waals surface area contributed by atoms with Crippen LogP contribution in [0.15, 0.2) is 65.7 Å². The smallest absolute Gasteiger partial charge is 0.235 e. The van der Waals surface area contributed by atoms with Gasteiger partial charge in [-0.25, -0.2) is 0 Å². The maximum Gasteiger partial charge on any atom is 0.235 e. The van der Waals surface area contributed by atoms with Crippen molar-refractivity contribution in [1.82, 2.24) is 0 Å². The lowest BCUT2D eigenvalue weighted by Crippen LogP contribution is -1.84. The van der Waals surface area contributed by atoms with Crippen molar-refractivity contribution in [2.24, 2.45) is 0 Å². The molecule has 0 aliphatic carbocycles. The van der Waals surface area contributed by atoms with Crippen LogP contribution in [0.25, 0.3) is 6.08 Å². The molecule has 0 atom stereocenters. The number of benzene rings is 2. The molecule has 0 fully saturated rings. The van der Waals surface area contributed by atoms with Gasteiger partial charge in [0.15, 0.2) is 0 Å². The van der Waals surface area contributed by atoms with Crippen LogP contribution in [-0.4, -0.2) is 4.92 Å². The summed E-state index contributed by atoms with van der Waals surface area (Å²) in [5.41, 5.74) is 2.04. The van der Waals surface area contributed by atoms with Crippen molar-refractivity contribution >= 4 is 17.8 Å². The van der Waals surface area contributed by atoms with Gasteiger partial charge in [0.1, 0.15) is 0 Å². The molecule has 0 amide bonds. The van der Waals surface area contributed by atoms with E-state index in [1.54, 1.807) is 11.8 Å². The number of nitrogens with zero attached hydrogens (tertiary/aromatic N) is 1. The van der Waals surface area contributed by atoms with Crippen LogP contribution in [0.5, 0.6) is 0 Å². The Morgan fingerprint density at radius 2 is 1.74 bits per heavy atom. The summed E-state index contributed by atoms with van der Waals surface area (Å²) in [7, 11) is 0. The number of hydrogen-bond acceptors (Lipinski definition) is 3. The second-order valence-electron chi connectivity index (χ2n) is 3.94. The molecule has 0 aromatic heterocycles. The van der Waals surface area contributed by atoms with Gasteiger partial charge in [-0.15, -0.1) is 11.8 Å². The summed E-state index contributed by atoms with van der Waals surface area (Å²) in [5.74, 6) is 0.892. The Morgan fingerprint density at radius 1 is 1.05 bits per heavy atom. The summed E-state index contributed by atoms with van der Waals surface area (Å²) < 4.78 is 0. The van der Waals surface area contributed by atoms with Crippen LogP contribution in [0.3, 0.4) is 0 Å². The lowest BCUT2D eigenvalue weighted by molar-refractivity contribution is -0.400. The third-order valence-electron chi connectivity index (χ3n) is 2.52. The summed E-state index contributed by atoms with van der Waals surface area (Å²) >= 11 is 1.77. The van der Waals surface area contributed by atoms with Crippen LogP contribution in [0, 0.1) is 10.1 Å². The topological polar surface area (TPSA) is 43.1 Å². The summed E-state index contributed by atoms with van der Waals surface area (Å²) in [6, 6.07) is 18.0. The molecule has 2 aromatic carbocycles. The third-order valence-corrected chi connectivity index (χ3v) is 3.60. The molecule has 4 heteroatoms. The number of hydrogen-bond donors (Lipinski definition) is 0. The van der Waals surface area contributed by atoms with E-state index in [0.717, 1.165) is 17.5 Å². The average molecular weight is 271 g/mol. The lowest BCUT2D eigenvalue weighted by Gasteiger charge is -2.02. The molecular weight excluding hydrogens is 258 g/mol. The maximum absolute atomic E-state index is 10.2. The highest BCUT2D eigenvalue weighted by molar-refractivity contribution is 7.98. The first kappa shape index (κ1) is 13.4. The Hall–Kier alpha value is -2.07. The predicted molar refractivity (Wildman–Crippen MR) is 78.5 cm³/mol. The molecule has 0 saturated heterocycles. The number of rotatable bonds is 5. The molecule has 3 nitrogen and oxygen atoms in total. The van der Waals surface area contributed by atoms with Gasteiger partial charge >= 0.3 is 0 Å². The fourth-order valence-corrected chi connectivity index (χ4v) is 2.43. The van der Waals surface area contributed by atoms with E-state index in [2.05, 4.69) is 12.1 Å². The minimum Gasteiger partial charge on any atom is -0.259 e. The lowest BCUT2D eigenvalue weighted by atomic mass is 10.1. The molecule has 0 aliphatic heterocycles. The fourth-order valence-electron chi connectivity index (χ4n) is 1.56. The highest BCUT2D eigenvalue weighted by Gasteiger charge is 1.96. The molecule has 0 aliphatic rings. The van der Waals surface area contributed by atoms with E-state index >= 15 is 0 Å². The van der Waals surface area contributed by atoms with Crippen molar-refractivity contribution in [1.29, 1.82) is 0 Å². The van der Waals surface area contributed by atoms with Gasteiger partial charge in [-0.1, -0.05) is 42.5 Å². The minimum absolute atomic E-state index is 0.459. The maximum atomic E-state index is 10.2. The van der Waals surface area contributed by atoms with Crippen LogP contribution in [0.1, 0.15) is 11.1 Å². The van der Waals surface area contributed by atoms with E-state index in [1.165, 1.54) is 16.5 Å². The van der Waals surface area contributed by atoms with Gasteiger partial charge < -0.3 is 0 Å². The van der Waals surface area contributed by atoms with Gasteiger partial charge in [0, 0.05) is 16.7 Å². The molecule has 2 aromatic rings. The molecule has 96 valence electrons. The molecule has 0 saturated carbocycles. The average Bonchev–Trinajstić information content (AvgIpc) is 2.45. The fraction of sp³-hybridized carbons (Fsp3) is 0.0667. The van der Waals surface area contributed by atoms with Gasteiger partial charge in [-0.2, -0.15) is 0 Å². The molecule has 0 unspecified atom stereocenters. The number of thioether (sulfide) groups is 1. The second-order valence-corrected chi connectivity index (χ2v) is 4.99. The van der Waals surface area contributed by atoms with Crippen LogP contribution >= 0.6 is 11.8 Å². The third kappa shape index (κ3) is 4.60. The van der Waals surface area contributed by atoms with Crippen LogP contribution in [0.2, 0.25) is 0 Å². The highest BCUT2D eigenvalue weighted by atomic mass is 32.2. The van der Waals surface area contributed by atoms with Gasteiger partial charge in [0.2, 0.25) is 6.20 Å². The van der Waals surface area contributed by atoms with E-state index in [-0.39, 0.29) is 0 Å². The van der Waals surface area contributed by atoms with E-state index in [0.29, 0.717) is 0 Å². The monoisotopic (exact) mass is 271 g/mol. The van der Waals surface area contributed by atoms with Gasteiger partial charge in [-0.05, 0) is 23.3 Å². The van der Waals surface area contributed by atoms with Crippen molar-refractivity contribution in [3.05, 3.63) is 82.0 Å². The molecule has 19 heavy (non-hydrogen) atoms. The van der Waals surface area contributed by atoms with E-state index in [1.807, 2.05) is 42.5 Å². The van der Waals surface area contributed by atoms with Crippen molar-refractivity contribution in [3.63, 3.8) is 0 Å². The van der Waals surface area contributed by atoms with Gasteiger partial charge in [0.05, 0.1) is 4.92 Å². The van der Waals surface area contributed by atoms with Gasteiger partial charge in [0.25, 0.3) is 0 Å². The summed E-state index contributed by atoms with van der Waals surface area (Å²) in [5, 5.41) is 10.2. The molecule has 2 rings (SSSR count). The molecule has 0 radical (unpaired) electrons. The second kappa shape index (κ2) is 6.75. The predicted octanol–water partition coefficient (Wildman–Crippen LogP) is 4.23. The van der Waals surface area contributed by atoms with Crippen molar-refractivity contribution in [3.8, 4) is 0 Å². The molecule has 0 N–H and O–H groups in total. The highest BCUT2D eigenvalue weighted by Crippen LogP contribution is 2.22. The normalized spacial score (nSPS) is 10.7. The van der Waals surface area contributed by atoms with Crippen LogP contribution < -0.4 is 0 Å². The van der Waals surface area contributed by atoms with Crippen LogP contribution in [0.4, 0.5) is 0 Å². The molecule has 0 heterocycles. The molecule has 0 spiro atoms. The Labute approximate surface area is 116 Å². The zero-order chi connectivity index (χ0) is 13.5. The Balaban J connectivity index is 1.94. The first-order valence-electron chi connectivity index (χ1n) is 5.82. The minimum atomic E-state index is -0.459. The van der Waals surface area contributed by atoms with E-state index in [9.17, 15) is 10.1 Å². The van der Waals surface area contributed by atoms with Crippen molar-refractivity contribution < 1.29 is 4.92 Å². The first-order valence-corrected chi connectivity index (χ1v) is 6.81. The first-order chi connectivity index (χ1) is 9.24. The quantitative estimate of drug-likeness (QED) is 0.464. The zero-order valence-electron chi connectivity index (χ0n) is 10.2. The van der Waals surface area contributed by atoms with Crippen molar-refractivity contribution in [2.75, 3.05) is 0 Å².